The summed E-state index contributed by atoms with van der Waals surface area (Å²) in [6.45, 7) is 1.65. The molecule has 0 unspecified atom stereocenters. The molecule has 0 bridgehead atoms. The topological polar surface area (TPSA) is 35.2 Å². The van der Waals surface area contributed by atoms with Crippen molar-refractivity contribution in [3.05, 3.63) is 57.6 Å². The third-order valence-corrected chi connectivity index (χ3v) is 3.47. The molecular formula is C15H13BrF3NO. The molecule has 2 nitrogen and oxygen atoms in total. The number of nitrogens with two attached hydrogens (primary N) is 1. The Kier molecular flexibility index (Phi) is 4.46. The van der Waals surface area contributed by atoms with Crippen molar-refractivity contribution < 1.29 is 17.9 Å². The average molecular weight is 360 g/mol. The van der Waals surface area contributed by atoms with Crippen molar-refractivity contribution in [3.63, 3.8) is 0 Å². The third-order valence-electron chi connectivity index (χ3n) is 2.97. The van der Waals surface area contributed by atoms with E-state index in [1.807, 2.05) is 19.1 Å². The highest BCUT2D eigenvalue weighted by atomic mass is 79.9. The van der Waals surface area contributed by atoms with E-state index in [1.54, 1.807) is 6.07 Å². The van der Waals surface area contributed by atoms with E-state index in [2.05, 4.69) is 15.9 Å². The van der Waals surface area contributed by atoms with E-state index >= 15 is 0 Å². The van der Waals surface area contributed by atoms with Crippen LogP contribution in [0.3, 0.4) is 0 Å². The number of hydrogen-bond donors (Lipinski definition) is 1. The Labute approximate surface area is 128 Å². The summed E-state index contributed by atoms with van der Waals surface area (Å²) in [6.07, 6.45) is -4.46. The van der Waals surface area contributed by atoms with Gasteiger partial charge in [-0.2, -0.15) is 13.2 Å². The van der Waals surface area contributed by atoms with E-state index in [0.29, 0.717) is 5.75 Å². The zero-order valence-corrected chi connectivity index (χ0v) is 12.8. The third kappa shape index (κ3) is 3.91. The van der Waals surface area contributed by atoms with Gasteiger partial charge in [-0.25, -0.2) is 0 Å². The van der Waals surface area contributed by atoms with Crippen molar-refractivity contribution in [2.45, 2.75) is 19.7 Å². The van der Waals surface area contributed by atoms with Gasteiger partial charge in [0.25, 0.3) is 0 Å². The van der Waals surface area contributed by atoms with Crippen LogP contribution in [0.5, 0.6) is 5.75 Å². The Balaban J connectivity index is 2.26. The molecule has 0 amide bonds. The molecule has 0 radical (unpaired) electrons. The minimum absolute atomic E-state index is 0.0519. The lowest BCUT2D eigenvalue weighted by atomic mass is 10.1. The lowest BCUT2D eigenvalue weighted by Crippen LogP contribution is -2.12. The highest BCUT2D eigenvalue weighted by Gasteiger charge is 2.33. The molecule has 0 aliphatic carbocycles. The van der Waals surface area contributed by atoms with Gasteiger partial charge in [0, 0.05) is 15.7 Å². The second kappa shape index (κ2) is 5.97. The molecule has 0 spiro atoms. The molecule has 2 aromatic rings. The summed E-state index contributed by atoms with van der Waals surface area (Å²) >= 11 is 3.30. The molecule has 6 heteroatoms. The van der Waals surface area contributed by atoms with Gasteiger partial charge in [0.15, 0.2) is 0 Å². The number of nitrogen functional groups attached to an aromatic ring is 1. The Morgan fingerprint density at radius 2 is 1.86 bits per heavy atom. The number of halogens is 4. The first-order valence-corrected chi connectivity index (χ1v) is 6.91. The second-order valence-electron chi connectivity index (χ2n) is 4.61. The summed E-state index contributed by atoms with van der Waals surface area (Å²) in [5.74, 6) is 0.536. The minimum Gasteiger partial charge on any atom is -0.489 e. The lowest BCUT2D eigenvalue weighted by Gasteiger charge is -2.15. The zero-order valence-electron chi connectivity index (χ0n) is 11.2. The molecule has 21 heavy (non-hydrogen) atoms. The summed E-state index contributed by atoms with van der Waals surface area (Å²) in [7, 11) is 0. The smallest absolute Gasteiger partial charge is 0.416 e. The number of hydrogen-bond acceptors (Lipinski definition) is 2. The Morgan fingerprint density at radius 3 is 2.52 bits per heavy atom. The van der Waals surface area contributed by atoms with Gasteiger partial charge in [0.05, 0.1) is 5.56 Å². The number of alkyl halides is 3. The lowest BCUT2D eigenvalue weighted by molar-refractivity contribution is -0.138. The molecule has 2 rings (SSSR count). The van der Waals surface area contributed by atoms with Gasteiger partial charge >= 0.3 is 6.18 Å². The average Bonchev–Trinajstić information content (AvgIpc) is 2.40. The predicted molar refractivity (Wildman–Crippen MR) is 79.1 cm³/mol. The highest BCUT2D eigenvalue weighted by Crippen LogP contribution is 2.34. The van der Waals surface area contributed by atoms with E-state index < -0.39 is 11.7 Å². The number of ether oxygens (including phenoxy) is 1. The zero-order chi connectivity index (χ0) is 15.6. The van der Waals surface area contributed by atoms with Crippen LogP contribution >= 0.6 is 15.9 Å². The molecule has 2 aromatic carbocycles. The SMILES string of the molecule is Cc1ccc(Br)cc1OCc1ccc(N)cc1C(F)(F)F. The van der Waals surface area contributed by atoms with Crippen LogP contribution in [0.15, 0.2) is 40.9 Å². The predicted octanol–water partition coefficient (Wildman–Crippen LogP) is 4.94. The van der Waals surface area contributed by atoms with Crippen molar-refractivity contribution in [2.75, 3.05) is 5.73 Å². The van der Waals surface area contributed by atoms with Crippen molar-refractivity contribution in [2.24, 2.45) is 0 Å². The molecule has 112 valence electrons. The fourth-order valence-electron chi connectivity index (χ4n) is 1.87. The molecule has 0 heterocycles. The molecule has 0 atom stereocenters. The van der Waals surface area contributed by atoms with Crippen molar-refractivity contribution >= 4 is 21.6 Å². The number of rotatable bonds is 3. The first-order valence-electron chi connectivity index (χ1n) is 6.12. The number of benzene rings is 2. The summed E-state index contributed by atoms with van der Waals surface area (Å²) < 4.78 is 45.2. The van der Waals surface area contributed by atoms with Crippen LogP contribution in [0.2, 0.25) is 0 Å². The quantitative estimate of drug-likeness (QED) is 0.788. The maximum atomic E-state index is 13.0. The van der Waals surface area contributed by atoms with Gasteiger partial charge in [-0.3, -0.25) is 0 Å². The fraction of sp³-hybridized carbons (Fsp3) is 0.200. The molecule has 0 aromatic heterocycles. The maximum Gasteiger partial charge on any atom is 0.416 e. The van der Waals surface area contributed by atoms with Crippen LogP contribution in [0.4, 0.5) is 18.9 Å². The highest BCUT2D eigenvalue weighted by molar-refractivity contribution is 9.10. The van der Waals surface area contributed by atoms with Crippen molar-refractivity contribution in [3.8, 4) is 5.75 Å². The minimum atomic E-state index is -4.46. The maximum absolute atomic E-state index is 13.0. The Morgan fingerprint density at radius 1 is 1.14 bits per heavy atom. The molecule has 2 N–H and O–H groups in total. The van der Waals surface area contributed by atoms with Crippen LogP contribution in [-0.4, -0.2) is 0 Å². The molecule has 0 aliphatic rings. The van der Waals surface area contributed by atoms with Crippen molar-refractivity contribution in [1.29, 1.82) is 0 Å². The van der Waals surface area contributed by atoms with Gasteiger partial charge < -0.3 is 10.5 Å². The fourth-order valence-corrected chi connectivity index (χ4v) is 2.21. The van der Waals surface area contributed by atoms with Crippen LogP contribution in [0.1, 0.15) is 16.7 Å². The molecular weight excluding hydrogens is 347 g/mol. The summed E-state index contributed by atoms with van der Waals surface area (Å²) in [4.78, 5) is 0. The van der Waals surface area contributed by atoms with Gasteiger partial charge in [0.1, 0.15) is 12.4 Å². The standard InChI is InChI=1S/C15H13BrF3NO/c1-9-2-4-11(16)6-14(9)21-8-10-3-5-12(20)7-13(10)15(17,18)19/h2-7H,8,20H2,1H3. The van der Waals surface area contributed by atoms with Gasteiger partial charge in [-0.05, 0) is 36.8 Å². The van der Waals surface area contributed by atoms with Gasteiger partial charge in [-0.15, -0.1) is 0 Å². The largest absolute Gasteiger partial charge is 0.489 e. The van der Waals surface area contributed by atoms with E-state index in [4.69, 9.17) is 10.5 Å². The summed E-state index contributed by atoms with van der Waals surface area (Å²) in [5.41, 5.74) is 5.64. The second-order valence-corrected chi connectivity index (χ2v) is 5.53. The van der Waals surface area contributed by atoms with Crippen LogP contribution in [-0.2, 0) is 12.8 Å². The van der Waals surface area contributed by atoms with Crippen molar-refractivity contribution in [1.82, 2.24) is 0 Å². The Bertz CT molecular complexity index is 656. The summed E-state index contributed by atoms with van der Waals surface area (Å²) in [5, 5.41) is 0. The van der Waals surface area contributed by atoms with Gasteiger partial charge in [-0.1, -0.05) is 28.1 Å². The molecule has 0 fully saturated rings. The first kappa shape index (κ1) is 15.7. The molecule has 0 saturated carbocycles. The molecule has 0 saturated heterocycles. The van der Waals surface area contributed by atoms with E-state index in [-0.39, 0.29) is 17.9 Å². The molecule has 0 aliphatic heterocycles. The van der Waals surface area contributed by atoms with Crippen LogP contribution in [0, 0.1) is 6.92 Å². The van der Waals surface area contributed by atoms with Crippen LogP contribution < -0.4 is 10.5 Å². The first-order chi connectivity index (χ1) is 9.77. The normalized spacial score (nSPS) is 11.5. The number of anilines is 1. The van der Waals surface area contributed by atoms with E-state index in [0.717, 1.165) is 16.1 Å². The monoisotopic (exact) mass is 359 g/mol. The number of aryl methyl sites for hydroxylation is 1. The van der Waals surface area contributed by atoms with Crippen LogP contribution in [0.25, 0.3) is 0 Å². The Hall–Kier alpha value is -1.69. The van der Waals surface area contributed by atoms with Gasteiger partial charge in [0.2, 0.25) is 0 Å². The summed E-state index contributed by atoms with van der Waals surface area (Å²) in [6, 6.07) is 9.08. The van der Waals surface area contributed by atoms with E-state index in [9.17, 15) is 13.2 Å². The van der Waals surface area contributed by atoms with E-state index in [1.165, 1.54) is 12.1 Å².